The summed E-state index contributed by atoms with van der Waals surface area (Å²) < 4.78 is 10.8. The van der Waals surface area contributed by atoms with E-state index in [9.17, 15) is 24.3 Å². The van der Waals surface area contributed by atoms with E-state index in [2.05, 4.69) is 140 Å². The monoisotopic (exact) mass is 1240 g/mol. The van der Waals surface area contributed by atoms with Crippen LogP contribution in [-0.4, -0.2) is 150 Å². The van der Waals surface area contributed by atoms with Gasteiger partial charge in [-0.3, -0.25) is 34.0 Å². The van der Waals surface area contributed by atoms with Gasteiger partial charge in [-0.15, -0.1) is 0 Å². The standard InChI is InChI=1S/C39H48N4O3.C26H35N3O2.C12H11NO2/c44-35(23-22-33-17-9-21-37-36(33)20-10-24-40-37)30-42-25-27-43(28-26-42)39(46)29-38(45)41-34(18-7-15-31-11-3-1-4-12-31)19-8-16-32-13-5-2-6-14-32;30-25(21-26(31)29-19-17-27-18-20-29)28-24(15-7-13-22-9-3-1-4-10-22)16-8-14-23-11-5-2-6-12-23;1-4-11-10(3-2-6-13-11)12(5-1)15-8-9-7-14-9/h1-6,9-14,17,20-21,24,34-35,44H,7-8,15-16,18-19,22-23,25-30H2,(H,41,45);1-6,9-12,24,27H,7-8,13-21H2,(H,28,30);1-6,9H,7-8H2/t35-;;9-/m0.0/s1. The van der Waals surface area contributed by atoms with Crippen molar-refractivity contribution in [3.05, 3.63) is 222 Å². The molecule has 2 aromatic heterocycles. The molecule has 3 aliphatic rings. The molecular formula is C77H94N8O7. The second kappa shape index (κ2) is 37.9. The third-order valence-corrected chi connectivity index (χ3v) is 17.4. The number of benzene rings is 6. The van der Waals surface area contributed by atoms with Gasteiger partial charge in [-0.05, 0) is 154 Å². The van der Waals surface area contributed by atoms with E-state index < -0.39 is 6.10 Å². The molecule has 484 valence electrons. The molecule has 3 saturated heterocycles. The second-order valence-corrected chi connectivity index (χ2v) is 24.5. The van der Waals surface area contributed by atoms with Gasteiger partial charge in [0.05, 0.1) is 23.7 Å². The number of hydrogen-bond acceptors (Lipinski definition) is 11. The van der Waals surface area contributed by atoms with Gasteiger partial charge in [0.25, 0.3) is 0 Å². The van der Waals surface area contributed by atoms with E-state index >= 15 is 0 Å². The number of amides is 4. The Morgan fingerprint density at radius 3 is 1.40 bits per heavy atom. The van der Waals surface area contributed by atoms with Gasteiger partial charge in [0.1, 0.15) is 31.3 Å². The van der Waals surface area contributed by atoms with Crippen LogP contribution in [-0.2, 0) is 56.0 Å². The van der Waals surface area contributed by atoms with E-state index in [0.717, 1.165) is 131 Å². The number of rotatable bonds is 30. The molecule has 3 fully saturated rings. The number of aliphatic hydroxyl groups excluding tert-OH is 1. The lowest BCUT2D eigenvalue weighted by Crippen LogP contribution is -2.51. The summed E-state index contributed by atoms with van der Waals surface area (Å²) in [6.45, 7) is 7.55. The van der Waals surface area contributed by atoms with E-state index in [1.165, 1.54) is 27.8 Å². The van der Waals surface area contributed by atoms with Crippen LogP contribution in [0.1, 0.15) is 98.4 Å². The summed E-state index contributed by atoms with van der Waals surface area (Å²) in [6.07, 6.45) is 16.3. The molecule has 8 aromatic rings. The molecule has 0 aliphatic carbocycles. The summed E-state index contributed by atoms with van der Waals surface area (Å²) in [6, 6.07) is 62.0. The largest absolute Gasteiger partial charge is 0.490 e. The number of epoxide rings is 1. The molecule has 15 heteroatoms. The molecule has 6 aromatic carbocycles. The number of aliphatic hydroxyl groups is 1. The maximum Gasteiger partial charge on any atom is 0.232 e. The number of ether oxygens (including phenoxy) is 2. The number of hydrogen-bond donors (Lipinski definition) is 4. The first-order valence-electron chi connectivity index (χ1n) is 33.5. The normalized spacial score (nSPS) is 15.0. The average molecular weight is 1240 g/mol. The molecule has 11 rings (SSSR count). The fourth-order valence-corrected chi connectivity index (χ4v) is 12.2. The molecule has 0 spiro atoms. The fraction of sp³-hybridized carbons (Fsp3) is 0.403. The number of piperazine rings is 2. The maximum atomic E-state index is 13.1. The molecule has 0 saturated carbocycles. The summed E-state index contributed by atoms with van der Waals surface area (Å²) >= 11 is 0. The Labute approximate surface area is 544 Å². The van der Waals surface area contributed by atoms with Crippen LogP contribution in [0, 0.1) is 0 Å². The highest BCUT2D eigenvalue weighted by Crippen LogP contribution is 2.25. The lowest BCUT2D eigenvalue weighted by molar-refractivity contribution is -0.138. The number of nitrogens with zero attached hydrogens (tertiary/aromatic N) is 5. The van der Waals surface area contributed by atoms with Crippen molar-refractivity contribution in [2.24, 2.45) is 0 Å². The van der Waals surface area contributed by atoms with Crippen LogP contribution in [0.3, 0.4) is 0 Å². The number of pyridine rings is 2. The Hall–Kier alpha value is -8.34. The van der Waals surface area contributed by atoms with Crippen LogP contribution < -0.4 is 20.7 Å². The number of nitrogens with one attached hydrogen (secondary N) is 3. The van der Waals surface area contributed by atoms with Crippen molar-refractivity contribution < 1.29 is 33.8 Å². The predicted octanol–water partition coefficient (Wildman–Crippen LogP) is 10.9. The molecule has 2 atom stereocenters. The van der Waals surface area contributed by atoms with Crippen molar-refractivity contribution in [2.45, 2.75) is 127 Å². The molecule has 4 N–H and O–H groups in total. The van der Waals surface area contributed by atoms with Gasteiger partial charge in [-0.2, -0.15) is 0 Å². The van der Waals surface area contributed by atoms with Crippen LogP contribution >= 0.6 is 0 Å². The first-order chi connectivity index (χ1) is 45.2. The summed E-state index contributed by atoms with van der Waals surface area (Å²) in [5, 5.41) is 22.6. The number of aromatic nitrogens is 2. The minimum atomic E-state index is -0.444. The number of carbonyl (C=O) groups is 4. The Kier molecular flexibility index (Phi) is 28.0. The van der Waals surface area contributed by atoms with Crippen molar-refractivity contribution >= 4 is 45.4 Å². The van der Waals surface area contributed by atoms with E-state index in [1.807, 2.05) is 72.8 Å². The highest BCUT2D eigenvalue weighted by atomic mass is 16.6. The number of aryl methyl sites for hydroxylation is 5. The van der Waals surface area contributed by atoms with Gasteiger partial charge in [0.15, 0.2) is 0 Å². The highest BCUT2D eigenvalue weighted by molar-refractivity contribution is 5.97. The van der Waals surface area contributed by atoms with Crippen molar-refractivity contribution in [3.63, 3.8) is 0 Å². The smallest absolute Gasteiger partial charge is 0.232 e. The molecule has 0 unspecified atom stereocenters. The van der Waals surface area contributed by atoms with Gasteiger partial charge in [0, 0.05) is 94.2 Å². The Morgan fingerprint density at radius 1 is 0.500 bits per heavy atom. The third kappa shape index (κ3) is 24.0. The summed E-state index contributed by atoms with van der Waals surface area (Å²) in [5.41, 5.74) is 8.41. The van der Waals surface area contributed by atoms with E-state index in [1.54, 1.807) is 22.2 Å². The van der Waals surface area contributed by atoms with Gasteiger partial charge in [0.2, 0.25) is 23.6 Å². The molecule has 15 nitrogen and oxygen atoms in total. The first-order valence-corrected chi connectivity index (χ1v) is 33.5. The molecule has 0 bridgehead atoms. The molecule has 3 aliphatic heterocycles. The zero-order chi connectivity index (χ0) is 63.8. The molecule has 0 radical (unpaired) electrons. The minimum absolute atomic E-state index is 0.0477. The Morgan fingerprint density at radius 2 is 0.935 bits per heavy atom. The SMILES string of the molecule is O=C(CC(=O)N1CCN(C[C@@H](O)CCc2cccc3ncccc23)CC1)NC(CCCc1ccccc1)CCCc1ccccc1.O=C(CC(=O)N1CCNCC1)NC(CCCc1ccccc1)CCCc1ccccc1.c1cc(OC[C@@H]2CO2)c2cccnc2c1. The Balaban J connectivity index is 0.000000185. The van der Waals surface area contributed by atoms with Gasteiger partial charge < -0.3 is 40.3 Å². The molecule has 4 amide bonds. The summed E-state index contributed by atoms with van der Waals surface area (Å²) in [5.74, 6) is 0.376. The number of carbonyl (C=O) groups excluding carboxylic acids is 4. The van der Waals surface area contributed by atoms with Crippen LogP contribution in [0.2, 0.25) is 0 Å². The topological polar surface area (TPSA) is 182 Å². The second-order valence-electron chi connectivity index (χ2n) is 24.5. The van der Waals surface area contributed by atoms with E-state index in [0.29, 0.717) is 58.8 Å². The highest BCUT2D eigenvalue weighted by Gasteiger charge is 2.26. The van der Waals surface area contributed by atoms with Crippen LogP contribution in [0.4, 0.5) is 0 Å². The van der Waals surface area contributed by atoms with Gasteiger partial charge in [-0.1, -0.05) is 146 Å². The van der Waals surface area contributed by atoms with Crippen LogP contribution in [0.15, 0.2) is 194 Å². The van der Waals surface area contributed by atoms with Crippen molar-refractivity contribution in [1.82, 2.24) is 40.6 Å². The average Bonchev–Trinajstić information content (AvgIpc) is 1.95. The molecular weight excluding hydrogens is 1150 g/mol. The zero-order valence-electron chi connectivity index (χ0n) is 53.5. The zero-order valence-corrected chi connectivity index (χ0v) is 53.5. The van der Waals surface area contributed by atoms with Crippen LogP contribution in [0.25, 0.3) is 21.8 Å². The minimum Gasteiger partial charge on any atom is -0.490 e. The maximum absolute atomic E-state index is 13.1. The van der Waals surface area contributed by atoms with E-state index in [4.69, 9.17) is 9.47 Å². The summed E-state index contributed by atoms with van der Waals surface area (Å²) in [7, 11) is 0. The lowest BCUT2D eigenvalue weighted by Gasteiger charge is -2.35. The van der Waals surface area contributed by atoms with Crippen molar-refractivity contribution in [2.75, 3.05) is 72.1 Å². The fourth-order valence-electron chi connectivity index (χ4n) is 12.2. The Bertz CT molecular complexity index is 3350. The third-order valence-electron chi connectivity index (χ3n) is 17.4. The quantitative estimate of drug-likeness (QED) is 0.0248. The summed E-state index contributed by atoms with van der Waals surface area (Å²) in [4.78, 5) is 65.7. The molecule has 5 heterocycles. The first kappa shape index (κ1) is 68.0. The van der Waals surface area contributed by atoms with Gasteiger partial charge in [-0.25, -0.2) is 0 Å². The number of β-amino-alcohol motifs (C(OH)–C–C–N with tert-alkyl or cyclic N) is 1. The molecule has 92 heavy (non-hydrogen) atoms. The van der Waals surface area contributed by atoms with Crippen LogP contribution in [0.5, 0.6) is 5.75 Å². The number of fused-ring (bicyclic) bond motifs is 2. The van der Waals surface area contributed by atoms with Crippen molar-refractivity contribution in [1.29, 1.82) is 0 Å². The van der Waals surface area contributed by atoms with Crippen molar-refractivity contribution in [3.8, 4) is 5.75 Å². The van der Waals surface area contributed by atoms with Gasteiger partial charge >= 0.3 is 0 Å². The predicted molar refractivity (Wildman–Crippen MR) is 366 cm³/mol. The lowest BCUT2D eigenvalue weighted by atomic mass is 9.99. The van der Waals surface area contributed by atoms with E-state index in [-0.39, 0.29) is 54.7 Å².